The monoisotopic (exact) mass is 194 g/mol. The maximum absolute atomic E-state index is 9.40. The smallest absolute Gasteiger partial charge is 0.151 e. The van der Waals surface area contributed by atoms with E-state index in [0.29, 0.717) is 13.1 Å². The molecule has 1 fully saturated rings. The Kier molecular flexibility index (Phi) is 2.60. The number of aromatic nitrogens is 2. The van der Waals surface area contributed by atoms with Crippen LogP contribution in [0.15, 0.2) is 12.4 Å². The Bertz CT molecular complexity index is 317. The van der Waals surface area contributed by atoms with E-state index in [1.54, 1.807) is 12.4 Å². The van der Waals surface area contributed by atoms with E-state index in [9.17, 15) is 5.11 Å². The average Bonchev–Trinajstić information content (AvgIpc) is 2.65. The van der Waals surface area contributed by atoms with E-state index >= 15 is 0 Å². The number of hydrogen-bond acceptors (Lipinski definition) is 5. The van der Waals surface area contributed by atoms with E-state index in [-0.39, 0.29) is 6.10 Å². The molecular weight excluding hydrogens is 180 g/mol. The molecule has 5 heteroatoms. The van der Waals surface area contributed by atoms with Crippen LogP contribution in [0.4, 0.5) is 5.82 Å². The first-order valence-electron chi connectivity index (χ1n) is 4.74. The molecule has 1 aliphatic rings. The van der Waals surface area contributed by atoms with Crippen LogP contribution in [0.2, 0.25) is 0 Å². The van der Waals surface area contributed by atoms with Gasteiger partial charge in [0.05, 0.1) is 11.8 Å². The zero-order valence-electron chi connectivity index (χ0n) is 7.93. The number of aliphatic hydroxyl groups is 1. The summed E-state index contributed by atoms with van der Waals surface area (Å²) in [6.45, 7) is 1.84. The molecule has 3 N–H and O–H groups in total. The molecule has 2 heterocycles. The number of rotatable bonds is 2. The van der Waals surface area contributed by atoms with Crippen LogP contribution < -0.4 is 10.6 Å². The third-order valence-corrected chi connectivity index (χ3v) is 2.41. The summed E-state index contributed by atoms with van der Waals surface area (Å²) in [5, 5.41) is 9.40. The third kappa shape index (κ3) is 1.69. The molecule has 0 aromatic carbocycles. The molecule has 0 aliphatic carbocycles. The molecule has 0 amide bonds. The first-order valence-corrected chi connectivity index (χ1v) is 4.74. The summed E-state index contributed by atoms with van der Waals surface area (Å²) < 4.78 is 0. The van der Waals surface area contributed by atoms with Crippen molar-refractivity contribution in [1.82, 2.24) is 9.97 Å². The predicted molar refractivity (Wildman–Crippen MR) is 52.8 cm³/mol. The summed E-state index contributed by atoms with van der Waals surface area (Å²) in [5.74, 6) is 0.812. The van der Waals surface area contributed by atoms with Crippen molar-refractivity contribution in [3.05, 3.63) is 18.1 Å². The Morgan fingerprint density at radius 1 is 1.50 bits per heavy atom. The van der Waals surface area contributed by atoms with E-state index in [4.69, 9.17) is 5.73 Å². The zero-order chi connectivity index (χ0) is 9.97. The Hall–Kier alpha value is -1.20. The Balaban J connectivity index is 2.22. The van der Waals surface area contributed by atoms with Gasteiger partial charge in [0.2, 0.25) is 0 Å². The minimum Gasteiger partial charge on any atom is -0.391 e. The number of nitrogens with zero attached hydrogens (tertiary/aromatic N) is 3. The lowest BCUT2D eigenvalue weighted by atomic mass is 10.3. The van der Waals surface area contributed by atoms with Crippen LogP contribution in [0, 0.1) is 0 Å². The summed E-state index contributed by atoms with van der Waals surface area (Å²) in [6, 6.07) is 0. The van der Waals surface area contributed by atoms with E-state index in [2.05, 4.69) is 9.97 Å². The summed E-state index contributed by atoms with van der Waals surface area (Å²) in [4.78, 5) is 10.4. The zero-order valence-corrected chi connectivity index (χ0v) is 7.93. The summed E-state index contributed by atoms with van der Waals surface area (Å²) in [7, 11) is 0. The second-order valence-electron chi connectivity index (χ2n) is 3.42. The molecule has 14 heavy (non-hydrogen) atoms. The lowest BCUT2D eigenvalue weighted by Crippen LogP contribution is -2.24. The lowest BCUT2D eigenvalue weighted by Gasteiger charge is -2.18. The van der Waals surface area contributed by atoms with E-state index in [1.807, 2.05) is 4.90 Å². The van der Waals surface area contributed by atoms with Gasteiger partial charge in [0.15, 0.2) is 5.82 Å². The minimum atomic E-state index is -0.248. The van der Waals surface area contributed by atoms with Gasteiger partial charge in [0.1, 0.15) is 0 Å². The van der Waals surface area contributed by atoms with Crippen molar-refractivity contribution in [2.45, 2.75) is 19.1 Å². The topological polar surface area (TPSA) is 75.3 Å². The van der Waals surface area contributed by atoms with Crippen LogP contribution >= 0.6 is 0 Å². The van der Waals surface area contributed by atoms with Crippen molar-refractivity contribution in [2.75, 3.05) is 18.0 Å². The summed E-state index contributed by atoms with van der Waals surface area (Å²) >= 11 is 0. The highest BCUT2D eigenvalue weighted by Crippen LogP contribution is 2.19. The number of β-amino-alcohol motifs (C(OH)–C–C–N with tert-alkyl or cyclic N) is 1. The fourth-order valence-corrected chi connectivity index (χ4v) is 1.70. The molecule has 76 valence electrons. The van der Waals surface area contributed by atoms with Gasteiger partial charge >= 0.3 is 0 Å². The molecule has 0 saturated carbocycles. The van der Waals surface area contributed by atoms with Crippen molar-refractivity contribution in [2.24, 2.45) is 5.73 Å². The maximum atomic E-state index is 9.40. The van der Waals surface area contributed by atoms with Gasteiger partial charge in [-0.15, -0.1) is 0 Å². The fourth-order valence-electron chi connectivity index (χ4n) is 1.70. The molecule has 1 saturated heterocycles. The minimum absolute atomic E-state index is 0.248. The fraction of sp³-hybridized carbons (Fsp3) is 0.556. The largest absolute Gasteiger partial charge is 0.391 e. The average molecular weight is 194 g/mol. The first kappa shape index (κ1) is 9.36. The van der Waals surface area contributed by atoms with E-state index in [0.717, 1.165) is 24.5 Å². The molecular formula is C9H14N4O. The van der Waals surface area contributed by atoms with Crippen LogP contribution in [-0.2, 0) is 6.54 Å². The van der Waals surface area contributed by atoms with Gasteiger partial charge < -0.3 is 15.7 Å². The van der Waals surface area contributed by atoms with Crippen LogP contribution in [0.25, 0.3) is 0 Å². The number of aliphatic hydroxyl groups excluding tert-OH is 1. The molecule has 1 aromatic heterocycles. The maximum Gasteiger partial charge on any atom is 0.151 e. The second kappa shape index (κ2) is 3.89. The summed E-state index contributed by atoms with van der Waals surface area (Å²) in [5.41, 5.74) is 6.35. The van der Waals surface area contributed by atoms with Gasteiger partial charge in [-0.3, -0.25) is 4.98 Å². The molecule has 5 nitrogen and oxygen atoms in total. The van der Waals surface area contributed by atoms with Gasteiger partial charge in [-0.05, 0) is 6.42 Å². The van der Waals surface area contributed by atoms with Crippen LogP contribution in [0.3, 0.4) is 0 Å². The van der Waals surface area contributed by atoms with Crippen LogP contribution in [0.5, 0.6) is 0 Å². The van der Waals surface area contributed by atoms with Gasteiger partial charge in [0, 0.05) is 32.0 Å². The van der Waals surface area contributed by atoms with Crippen LogP contribution in [0.1, 0.15) is 12.1 Å². The molecule has 1 atom stereocenters. The van der Waals surface area contributed by atoms with Gasteiger partial charge in [-0.2, -0.15) is 0 Å². The molecule has 1 unspecified atom stereocenters. The number of anilines is 1. The van der Waals surface area contributed by atoms with Gasteiger partial charge in [-0.1, -0.05) is 0 Å². The standard InChI is InChI=1S/C9H14N4O/c10-5-8-9(12-3-2-11-8)13-4-1-7(14)6-13/h2-3,7,14H,1,4-6,10H2. The number of nitrogens with two attached hydrogens (primary N) is 1. The van der Waals surface area contributed by atoms with Crippen molar-refractivity contribution >= 4 is 5.82 Å². The third-order valence-electron chi connectivity index (χ3n) is 2.41. The van der Waals surface area contributed by atoms with Crippen molar-refractivity contribution in [3.8, 4) is 0 Å². The Morgan fingerprint density at radius 3 is 2.93 bits per heavy atom. The number of hydrogen-bond donors (Lipinski definition) is 2. The molecule has 0 radical (unpaired) electrons. The molecule has 0 bridgehead atoms. The predicted octanol–water partition coefficient (Wildman–Crippen LogP) is -0.494. The van der Waals surface area contributed by atoms with Gasteiger partial charge in [0.25, 0.3) is 0 Å². The van der Waals surface area contributed by atoms with E-state index in [1.165, 1.54) is 0 Å². The quantitative estimate of drug-likeness (QED) is 0.664. The highest BCUT2D eigenvalue weighted by atomic mass is 16.3. The van der Waals surface area contributed by atoms with Crippen molar-refractivity contribution in [3.63, 3.8) is 0 Å². The highest BCUT2D eigenvalue weighted by Gasteiger charge is 2.23. The molecule has 1 aliphatic heterocycles. The molecule has 0 spiro atoms. The molecule has 1 aromatic rings. The summed E-state index contributed by atoms with van der Waals surface area (Å²) in [6.07, 6.45) is 3.83. The van der Waals surface area contributed by atoms with Crippen LogP contribution in [-0.4, -0.2) is 34.3 Å². The van der Waals surface area contributed by atoms with E-state index < -0.39 is 0 Å². The van der Waals surface area contributed by atoms with Gasteiger partial charge in [-0.25, -0.2) is 4.98 Å². The first-order chi connectivity index (χ1) is 6.81. The molecule has 2 rings (SSSR count). The Labute approximate surface area is 82.6 Å². The highest BCUT2D eigenvalue weighted by molar-refractivity contribution is 5.44. The van der Waals surface area contributed by atoms with Crippen molar-refractivity contribution < 1.29 is 5.11 Å². The Morgan fingerprint density at radius 2 is 2.29 bits per heavy atom. The SMILES string of the molecule is NCc1nccnc1N1CCC(O)C1. The van der Waals surface area contributed by atoms with Crippen molar-refractivity contribution in [1.29, 1.82) is 0 Å². The lowest BCUT2D eigenvalue weighted by molar-refractivity contribution is 0.198. The normalized spacial score (nSPS) is 21.6. The second-order valence-corrected chi connectivity index (χ2v) is 3.42.